The maximum atomic E-state index is 6.23. The standard InChI is InChI=1S/C5H9O2.3C4H9.Sn/c1-2-4-7-5-6-3-1;3*1-3-4-2;/h5H,1-4H2;3*1,3-4H2,2H3;. The maximum absolute atomic E-state index is 6.23. The van der Waals surface area contributed by atoms with Crippen molar-refractivity contribution < 1.29 is 9.47 Å². The molecule has 0 N–H and O–H groups in total. The summed E-state index contributed by atoms with van der Waals surface area (Å²) in [6.45, 7) is 8.85. The topological polar surface area (TPSA) is 18.5 Å². The van der Waals surface area contributed by atoms with Gasteiger partial charge in [-0.3, -0.25) is 0 Å². The van der Waals surface area contributed by atoms with Crippen LogP contribution in [0, 0.1) is 0 Å². The fourth-order valence-corrected chi connectivity index (χ4v) is 19.2. The van der Waals surface area contributed by atoms with Gasteiger partial charge in [0, 0.05) is 0 Å². The average molecular weight is 391 g/mol. The van der Waals surface area contributed by atoms with Crippen molar-refractivity contribution in [2.24, 2.45) is 0 Å². The van der Waals surface area contributed by atoms with Crippen molar-refractivity contribution in [1.29, 1.82) is 0 Å². The summed E-state index contributed by atoms with van der Waals surface area (Å²) in [5, 5.41) is 0. The zero-order chi connectivity index (χ0) is 14.7. The van der Waals surface area contributed by atoms with Gasteiger partial charge in [-0.1, -0.05) is 0 Å². The van der Waals surface area contributed by atoms with Crippen LogP contribution in [0.5, 0.6) is 0 Å². The molecule has 0 atom stereocenters. The second-order valence-corrected chi connectivity index (χ2v) is 19.9. The molecule has 20 heavy (non-hydrogen) atoms. The predicted octanol–water partition coefficient (Wildman–Crippen LogP) is 5.53. The zero-order valence-corrected chi connectivity index (χ0v) is 16.9. The zero-order valence-electron chi connectivity index (χ0n) is 14.1. The molecule has 1 saturated heterocycles. The van der Waals surface area contributed by atoms with Gasteiger partial charge in [-0.15, -0.1) is 0 Å². The number of ether oxygens (including phenoxy) is 2. The molecule has 0 aromatic rings. The van der Waals surface area contributed by atoms with Gasteiger partial charge in [-0.05, 0) is 0 Å². The van der Waals surface area contributed by atoms with Crippen molar-refractivity contribution in [3.8, 4) is 0 Å². The second kappa shape index (κ2) is 11.3. The molecule has 0 radical (unpaired) electrons. The molecule has 1 fully saturated rings. The van der Waals surface area contributed by atoms with Crippen LogP contribution in [0.3, 0.4) is 0 Å². The van der Waals surface area contributed by atoms with E-state index in [-0.39, 0.29) is 4.31 Å². The van der Waals surface area contributed by atoms with E-state index in [4.69, 9.17) is 9.47 Å². The van der Waals surface area contributed by atoms with E-state index in [9.17, 15) is 0 Å². The molecule has 1 aliphatic rings. The van der Waals surface area contributed by atoms with Crippen LogP contribution < -0.4 is 0 Å². The number of hydrogen-bond donors (Lipinski definition) is 0. The van der Waals surface area contributed by atoms with Gasteiger partial charge >= 0.3 is 131 Å². The van der Waals surface area contributed by atoms with E-state index in [1.54, 1.807) is 0 Å². The third-order valence-electron chi connectivity index (χ3n) is 4.66. The molecule has 3 heteroatoms. The Balaban J connectivity index is 2.78. The third-order valence-corrected chi connectivity index (χ3v) is 20.0. The first-order valence-electron chi connectivity index (χ1n) is 9.02. The molecule has 0 aromatic carbocycles. The summed E-state index contributed by atoms with van der Waals surface area (Å²) >= 11 is -2.31. The van der Waals surface area contributed by atoms with E-state index in [0.29, 0.717) is 0 Å². The Kier molecular flexibility index (Phi) is 10.6. The van der Waals surface area contributed by atoms with Crippen LogP contribution in [0.4, 0.5) is 0 Å². The Morgan fingerprint density at radius 1 is 0.750 bits per heavy atom. The Morgan fingerprint density at radius 3 is 1.50 bits per heavy atom. The van der Waals surface area contributed by atoms with Gasteiger partial charge in [0.1, 0.15) is 0 Å². The van der Waals surface area contributed by atoms with Crippen LogP contribution in [0.15, 0.2) is 0 Å². The van der Waals surface area contributed by atoms with Crippen molar-refractivity contribution in [3.05, 3.63) is 0 Å². The van der Waals surface area contributed by atoms with Gasteiger partial charge in [-0.25, -0.2) is 0 Å². The molecule has 0 unspecified atom stereocenters. The minimum atomic E-state index is -2.31. The predicted molar refractivity (Wildman–Crippen MR) is 89.8 cm³/mol. The van der Waals surface area contributed by atoms with Crippen LogP contribution in [-0.4, -0.2) is 35.9 Å². The molecule has 0 saturated carbocycles. The van der Waals surface area contributed by atoms with Gasteiger partial charge in [0.05, 0.1) is 0 Å². The van der Waals surface area contributed by atoms with Crippen molar-refractivity contribution >= 4 is 18.4 Å². The fourth-order valence-electron chi connectivity index (χ4n) is 3.30. The van der Waals surface area contributed by atoms with Gasteiger partial charge in [0.15, 0.2) is 0 Å². The quantitative estimate of drug-likeness (QED) is 0.456. The molecule has 0 bridgehead atoms. The van der Waals surface area contributed by atoms with Gasteiger partial charge in [0.2, 0.25) is 0 Å². The van der Waals surface area contributed by atoms with Crippen LogP contribution in [0.1, 0.15) is 72.1 Å². The molecular weight excluding hydrogens is 355 g/mol. The number of unbranched alkanes of at least 4 members (excludes halogenated alkanes) is 3. The van der Waals surface area contributed by atoms with Crippen molar-refractivity contribution in [2.75, 3.05) is 13.2 Å². The number of hydrogen-bond acceptors (Lipinski definition) is 2. The molecule has 1 heterocycles. The molecule has 0 spiro atoms. The number of rotatable bonds is 10. The normalized spacial score (nSPS) is 18.1. The first-order chi connectivity index (χ1) is 9.79. The molecule has 2 nitrogen and oxygen atoms in total. The van der Waals surface area contributed by atoms with Crippen LogP contribution in [-0.2, 0) is 9.47 Å². The van der Waals surface area contributed by atoms with E-state index in [2.05, 4.69) is 20.8 Å². The summed E-state index contributed by atoms with van der Waals surface area (Å²) in [5.41, 5.74) is 0. The van der Waals surface area contributed by atoms with E-state index in [1.807, 2.05) is 0 Å². The monoisotopic (exact) mass is 392 g/mol. The van der Waals surface area contributed by atoms with Gasteiger partial charge in [0.25, 0.3) is 0 Å². The van der Waals surface area contributed by atoms with Crippen molar-refractivity contribution in [3.63, 3.8) is 0 Å². The van der Waals surface area contributed by atoms with Gasteiger partial charge < -0.3 is 0 Å². The summed E-state index contributed by atoms with van der Waals surface area (Å²) in [7, 11) is 0. The second-order valence-electron chi connectivity index (χ2n) is 6.45. The summed E-state index contributed by atoms with van der Waals surface area (Å²) in [6.07, 6.45) is 10.5. The Labute approximate surface area is 130 Å². The first-order valence-corrected chi connectivity index (χ1v) is 16.7. The van der Waals surface area contributed by atoms with Crippen molar-refractivity contribution in [1.82, 2.24) is 0 Å². The van der Waals surface area contributed by atoms with Crippen LogP contribution in [0.25, 0.3) is 0 Å². The Morgan fingerprint density at radius 2 is 1.15 bits per heavy atom. The molecule has 1 rings (SSSR count). The van der Waals surface area contributed by atoms with E-state index in [0.717, 1.165) is 13.2 Å². The molecule has 120 valence electrons. The molecule has 0 amide bonds. The van der Waals surface area contributed by atoms with E-state index in [1.165, 1.54) is 64.7 Å². The third kappa shape index (κ3) is 6.23. The van der Waals surface area contributed by atoms with E-state index < -0.39 is 18.4 Å². The van der Waals surface area contributed by atoms with Gasteiger partial charge in [-0.2, -0.15) is 0 Å². The Bertz CT molecular complexity index is 203. The molecule has 1 aliphatic heterocycles. The molecular formula is C17H36O2Sn. The summed E-state index contributed by atoms with van der Waals surface area (Å²) in [4.78, 5) is 0. The summed E-state index contributed by atoms with van der Waals surface area (Å²) in [5.74, 6) is 0. The van der Waals surface area contributed by atoms with E-state index >= 15 is 0 Å². The SMILES string of the molecule is CCC[CH2][Sn]([CH2]CCC)([CH2]CCC)[CH]1OCCCCO1. The Hall–Kier alpha value is 0.719. The van der Waals surface area contributed by atoms with Crippen LogP contribution >= 0.6 is 0 Å². The average Bonchev–Trinajstić information content (AvgIpc) is 2.76. The first kappa shape index (κ1) is 18.8. The molecule has 0 aliphatic carbocycles. The molecule has 0 aromatic heterocycles. The minimum absolute atomic E-state index is 0.261. The van der Waals surface area contributed by atoms with Crippen LogP contribution in [0.2, 0.25) is 13.3 Å². The summed E-state index contributed by atoms with van der Waals surface area (Å²) in [6, 6.07) is 0. The fraction of sp³-hybridized carbons (Fsp3) is 1.00. The summed E-state index contributed by atoms with van der Waals surface area (Å²) < 4.78 is 17.2. The van der Waals surface area contributed by atoms with Crippen molar-refractivity contribution in [2.45, 2.75) is 89.8 Å².